The molecular weight excluding hydrogens is 322 g/mol. The summed E-state index contributed by atoms with van der Waals surface area (Å²) in [6.45, 7) is 6.97. The largest absolute Gasteiger partial charge is 0.507 e. The quantitative estimate of drug-likeness (QED) is 0.784. The standard InChI is InChI=1S/C18H21N3O2S/c1-3-21-8-7-11-13(9-21)24-18-14(11)17(23)19-16(20-18)12-6-4-5-10(2)15(12)22/h4-6,16,20,22H,3,7-9H2,1-2H3,(H,19,23). The Hall–Kier alpha value is -2.05. The normalized spacial score (nSPS) is 20.1. The lowest BCUT2D eigenvalue weighted by molar-refractivity contribution is 0.0934. The van der Waals surface area contributed by atoms with Crippen molar-refractivity contribution in [1.29, 1.82) is 0 Å². The smallest absolute Gasteiger partial charge is 0.256 e. The number of thiophene rings is 1. The van der Waals surface area contributed by atoms with Crippen LogP contribution >= 0.6 is 11.3 Å². The van der Waals surface area contributed by atoms with E-state index in [1.165, 1.54) is 10.4 Å². The summed E-state index contributed by atoms with van der Waals surface area (Å²) in [7, 11) is 0. The summed E-state index contributed by atoms with van der Waals surface area (Å²) in [6, 6.07) is 5.60. The van der Waals surface area contributed by atoms with E-state index in [9.17, 15) is 9.90 Å². The van der Waals surface area contributed by atoms with Crippen molar-refractivity contribution in [3.8, 4) is 5.75 Å². The molecule has 2 aromatic rings. The van der Waals surface area contributed by atoms with Crippen LogP contribution < -0.4 is 10.6 Å². The van der Waals surface area contributed by atoms with Crippen LogP contribution in [0.25, 0.3) is 0 Å². The van der Waals surface area contributed by atoms with Crippen LogP contribution in [0.4, 0.5) is 5.00 Å². The molecule has 0 saturated heterocycles. The average molecular weight is 343 g/mol. The lowest BCUT2D eigenvalue weighted by Gasteiger charge is -2.28. The number of carbonyl (C=O) groups is 1. The number of nitrogens with one attached hydrogen (secondary N) is 2. The van der Waals surface area contributed by atoms with Crippen LogP contribution in [0.15, 0.2) is 18.2 Å². The van der Waals surface area contributed by atoms with Crippen molar-refractivity contribution in [1.82, 2.24) is 10.2 Å². The molecular formula is C18H21N3O2S. The number of aryl methyl sites for hydroxylation is 1. The van der Waals surface area contributed by atoms with Crippen molar-refractivity contribution in [3.63, 3.8) is 0 Å². The molecule has 3 N–H and O–H groups in total. The Morgan fingerprint density at radius 2 is 2.21 bits per heavy atom. The van der Waals surface area contributed by atoms with Gasteiger partial charge in [0.2, 0.25) is 0 Å². The first-order valence-corrected chi connectivity index (χ1v) is 9.13. The van der Waals surface area contributed by atoms with E-state index in [0.29, 0.717) is 5.56 Å². The SMILES string of the molecule is CCN1CCc2c(sc3c2C(=O)NC(c2cccc(C)c2O)N3)C1. The topological polar surface area (TPSA) is 64.6 Å². The third-order valence-electron chi connectivity index (χ3n) is 4.94. The molecule has 0 bridgehead atoms. The van der Waals surface area contributed by atoms with Gasteiger partial charge in [0, 0.05) is 23.5 Å². The Balaban J connectivity index is 1.70. The maximum Gasteiger partial charge on any atom is 0.256 e. The Labute approximate surface area is 145 Å². The number of anilines is 1. The molecule has 1 amide bonds. The number of amides is 1. The minimum atomic E-state index is -0.396. The molecule has 0 spiro atoms. The molecule has 0 radical (unpaired) electrons. The molecule has 2 aliphatic heterocycles. The van der Waals surface area contributed by atoms with Crippen LogP contribution in [0.3, 0.4) is 0 Å². The molecule has 24 heavy (non-hydrogen) atoms. The van der Waals surface area contributed by atoms with E-state index in [-0.39, 0.29) is 11.7 Å². The second-order valence-corrected chi connectivity index (χ2v) is 7.50. The van der Waals surface area contributed by atoms with Gasteiger partial charge in [-0.3, -0.25) is 9.69 Å². The Morgan fingerprint density at radius 3 is 3.00 bits per heavy atom. The van der Waals surface area contributed by atoms with Gasteiger partial charge >= 0.3 is 0 Å². The van der Waals surface area contributed by atoms with Crippen LogP contribution in [-0.2, 0) is 13.0 Å². The van der Waals surface area contributed by atoms with Crippen LogP contribution in [0.1, 0.15) is 45.0 Å². The van der Waals surface area contributed by atoms with Crippen LogP contribution in [0.2, 0.25) is 0 Å². The first kappa shape index (κ1) is 15.5. The molecule has 1 atom stereocenters. The van der Waals surface area contributed by atoms with Crippen LogP contribution in [0, 0.1) is 6.92 Å². The number of para-hydroxylation sites is 1. The van der Waals surface area contributed by atoms with Gasteiger partial charge in [0.1, 0.15) is 16.9 Å². The third kappa shape index (κ3) is 2.37. The maximum absolute atomic E-state index is 12.7. The second kappa shape index (κ2) is 5.79. The summed E-state index contributed by atoms with van der Waals surface area (Å²) < 4.78 is 0. The number of fused-ring (bicyclic) bond motifs is 3. The summed E-state index contributed by atoms with van der Waals surface area (Å²) in [4.78, 5) is 16.4. The zero-order valence-electron chi connectivity index (χ0n) is 13.8. The molecule has 1 aromatic carbocycles. The molecule has 3 heterocycles. The fourth-order valence-corrected chi connectivity index (χ4v) is 4.82. The van der Waals surface area contributed by atoms with Gasteiger partial charge in [-0.1, -0.05) is 25.1 Å². The monoisotopic (exact) mass is 343 g/mol. The molecule has 6 heteroatoms. The van der Waals surface area contributed by atoms with Gasteiger partial charge in [0.25, 0.3) is 5.91 Å². The van der Waals surface area contributed by atoms with Gasteiger partial charge in [-0.2, -0.15) is 0 Å². The van der Waals surface area contributed by atoms with E-state index in [1.54, 1.807) is 11.3 Å². The highest BCUT2D eigenvalue weighted by Crippen LogP contribution is 2.41. The van der Waals surface area contributed by atoms with E-state index >= 15 is 0 Å². The number of carbonyl (C=O) groups excluding carboxylic acids is 1. The van der Waals surface area contributed by atoms with Gasteiger partial charge < -0.3 is 15.7 Å². The van der Waals surface area contributed by atoms with E-state index in [0.717, 1.165) is 42.2 Å². The van der Waals surface area contributed by atoms with Gasteiger partial charge in [-0.25, -0.2) is 0 Å². The maximum atomic E-state index is 12.7. The molecule has 1 unspecified atom stereocenters. The fraction of sp³-hybridized carbons (Fsp3) is 0.389. The highest BCUT2D eigenvalue weighted by atomic mass is 32.1. The molecule has 2 aliphatic rings. The van der Waals surface area contributed by atoms with Gasteiger partial charge in [0.05, 0.1) is 5.56 Å². The first-order chi connectivity index (χ1) is 11.6. The molecule has 0 aliphatic carbocycles. The number of rotatable bonds is 2. The van der Waals surface area contributed by atoms with Crippen molar-refractivity contribution < 1.29 is 9.90 Å². The lowest BCUT2D eigenvalue weighted by Crippen LogP contribution is -2.39. The number of phenolic OH excluding ortho intramolecular Hbond substituents is 1. The lowest BCUT2D eigenvalue weighted by atomic mass is 9.99. The molecule has 1 aromatic heterocycles. The minimum Gasteiger partial charge on any atom is -0.507 e. The molecule has 5 nitrogen and oxygen atoms in total. The Bertz CT molecular complexity index is 815. The molecule has 0 saturated carbocycles. The average Bonchev–Trinajstić information content (AvgIpc) is 2.94. The van der Waals surface area contributed by atoms with Gasteiger partial charge in [-0.15, -0.1) is 11.3 Å². The Morgan fingerprint density at radius 1 is 1.38 bits per heavy atom. The van der Waals surface area contributed by atoms with Crippen molar-refractivity contribution in [3.05, 3.63) is 45.3 Å². The van der Waals surface area contributed by atoms with E-state index in [2.05, 4.69) is 22.5 Å². The summed E-state index contributed by atoms with van der Waals surface area (Å²) in [5.41, 5.74) is 3.50. The zero-order chi connectivity index (χ0) is 16.8. The second-order valence-electron chi connectivity index (χ2n) is 6.39. The summed E-state index contributed by atoms with van der Waals surface area (Å²) in [5, 5.41) is 17.7. The van der Waals surface area contributed by atoms with Crippen LogP contribution in [-0.4, -0.2) is 29.0 Å². The van der Waals surface area contributed by atoms with Gasteiger partial charge in [0.15, 0.2) is 0 Å². The van der Waals surface area contributed by atoms with Crippen molar-refractivity contribution in [2.24, 2.45) is 0 Å². The number of likely N-dealkylation sites (N-methyl/N-ethyl adjacent to an activating group) is 1. The number of aromatic hydroxyl groups is 1. The predicted molar refractivity (Wildman–Crippen MR) is 95.6 cm³/mol. The van der Waals surface area contributed by atoms with E-state index < -0.39 is 6.17 Å². The number of phenols is 1. The van der Waals surface area contributed by atoms with Crippen molar-refractivity contribution in [2.45, 2.75) is 33.0 Å². The predicted octanol–water partition coefficient (Wildman–Crippen LogP) is 2.99. The van der Waals surface area contributed by atoms with E-state index in [4.69, 9.17) is 0 Å². The minimum absolute atomic E-state index is 0.0443. The zero-order valence-corrected chi connectivity index (χ0v) is 14.7. The van der Waals surface area contributed by atoms with Crippen LogP contribution in [0.5, 0.6) is 5.75 Å². The first-order valence-electron chi connectivity index (χ1n) is 8.31. The third-order valence-corrected chi connectivity index (χ3v) is 6.09. The molecule has 0 fully saturated rings. The summed E-state index contributed by atoms with van der Waals surface area (Å²) >= 11 is 1.67. The molecule has 4 rings (SSSR count). The Kier molecular flexibility index (Phi) is 3.73. The number of hydrogen-bond donors (Lipinski definition) is 3. The fourth-order valence-electron chi connectivity index (χ4n) is 3.51. The summed E-state index contributed by atoms with van der Waals surface area (Å²) in [6.07, 6.45) is 0.525. The summed E-state index contributed by atoms with van der Waals surface area (Å²) in [5.74, 6) is 0.189. The van der Waals surface area contributed by atoms with E-state index in [1.807, 2.05) is 25.1 Å². The van der Waals surface area contributed by atoms with Crippen molar-refractivity contribution >= 4 is 22.2 Å². The number of hydrogen-bond acceptors (Lipinski definition) is 5. The number of nitrogens with zero attached hydrogens (tertiary/aromatic N) is 1. The number of benzene rings is 1. The highest BCUT2D eigenvalue weighted by molar-refractivity contribution is 7.16. The highest BCUT2D eigenvalue weighted by Gasteiger charge is 2.33. The molecule has 126 valence electrons. The van der Waals surface area contributed by atoms with Gasteiger partial charge in [-0.05, 0) is 31.0 Å². The van der Waals surface area contributed by atoms with Crippen molar-refractivity contribution in [2.75, 3.05) is 18.4 Å².